The van der Waals surface area contributed by atoms with Crippen molar-refractivity contribution in [3.05, 3.63) is 30.1 Å². The summed E-state index contributed by atoms with van der Waals surface area (Å²) >= 11 is 0. The van der Waals surface area contributed by atoms with Crippen LogP contribution in [0.15, 0.2) is 24.5 Å². The number of aromatic nitrogens is 1. The number of sulfone groups is 1. The summed E-state index contributed by atoms with van der Waals surface area (Å²) in [5.74, 6) is 0.0609. The first-order valence-corrected chi connectivity index (χ1v) is 11.0. The highest BCUT2D eigenvalue weighted by Crippen LogP contribution is 2.28. The predicted octanol–water partition coefficient (Wildman–Crippen LogP) is 0.708. The minimum atomic E-state index is -3.14. The number of hydrogen-bond donors (Lipinski definition) is 0. The highest BCUT2D eigenvalue weighted by Gasteiger charge is 2.47. The number of hydrogen-bond acceptors (Lipinski definition) is 6. The zero-order valence-corrected chi connectivity index (χ0v) is 16.0. The van der Waals surface area contributed by atoms with Gasteiger partial charge in [-0.3, -0.25) is 14.7 Å². The fourth-order valence-electron chi connectivity index (χ4n) is 3.74. The van der Waals surface area contributed by atoms with E-state index in [9.17, 15) is 13.2 Å². The van der Waals surface area contributed by atoms with Gasteiger partial charge in [0.1, 0.15) is 6.61 Å². The second kappa shape index (κ2) is 8.45. The highest BCUT2D eigenvalue weighted by molar-refractivity contribution is 7.91. The van der Waals surface area contributed by atoms with Gasteiger partial charge >= 0.3 is 0 Å². The molecule has 0 aromatic carbocycles. The first-order valence-electron chi connectivity index (χ1n) is 9.21. The first-order chi connectivity index (χ1) is 12.5. The number of amides is 1. The number of ether oxygens (including phenoxy) is 1. The molecular formula is C18H27N3O4S. The maximum Gasteiger partial charge on any atom is 0.248 e. The molecule has 3 rings (SSSR count). The van der Waals surface area contributed by atoms with Gasteiger partial charge in [-0.2, -0.15) is 0 Å². The number of carbonyl (C=O) groups excluding carboxylic acids is 1. The van der Waals surface area contributed by atoms with Crippen LogP contribution in [0.1, 0.15) is 25.3 Å². The molecule has 0 aliphatic carbocycles. The van der Waals surface area contributed by atoms with Gasteiger partial charge in [0.15, 0.2) is 9.84 Å². The molecule has 1 aromatic rings. The Balaban J connectivity index is 1.67. The van der Waals surface area contributed by atoms with Gasteiger partial charge in [0.2, 0.25) is 5.91 Å². The lowest BCUT2D eigenvalue weighted by molar-refractivity contribution is -0.142. The van der Waals surface area contributed by atoms with E-state index in [2.05, 4.69) is 16.8 Å². The zero-order chi connectivity index (χ0) is 18.6. The van der Waals surface area contributed by atoms with Gasteiger partial charge in [-0.1, -0.05) is 13.3 Å². The van der Waals surface area contributed by atoms with Crippen molar-refractivity contribution in [2.45, 2.75) is 38.4 Å². The van der Waals surface area contributed by atoms with E-state index in [-0.39, 0.29) is 36.1 Å². The largest absolute Gasteiger partial charge is 0.372 e. The van der Waals surface area contributed by atoms with E-state index in [4.69, 9.17) is 4.74 Å². The molecule has 2 aliphatic rings. The normalized spacial score (nSPS) is 25.2. The topological polar surface area (TPSA) is 79.8 Å². The second-order valence-corrected chi connectivity index (χ2v) is 9.18. The van der Waals surface area contributed by atoms with Crippen molar-refractivity contribution in [1.82, 2.24) is 14.8 Å². The van der Waals surface area contributed by atoms with Crippen LogP contribution in [0.25, 0.3) is 0 Å². The number of nitrogens with zero attached hydrogens (tertiary/aromatic N) is 3. The number of rotatable bonds is 7. The molecule has 0 spiro atoms. The number of fused-ring (bicyclic) bond motifs is 1. The molecule has 7 nitrogen and oxygen atoms in total. The van der Waals surface area contributed by atoms with Crippen molar-refractivity contribution in [3.63, 3.8) is 0 Å². The molecule has 3 heterocycles. The summed E-state index contributed by atoms with van der Waals surface area (Å²) in [5.41, 5.74) is 1.10. The van der Waals surface area contributed by atoms with E-state index in [1.807, 2.05) is 12.1 Å². The number of carbonyl (C=O) groups is 1. The van der Waals surface area contributed by atoms with Crippen molar-refractivity contribution in [3.8, 4) is 0 Å². The molecule has 2 saturated heterocycles. The van der Waals surface area contributed by atoms with Crippen LogP contribution in [0.5, 0.6) is 0 Å². The lowest BCUT2D eigenvalue weighted by atomic mass is 10.0. The van der Waals surface area contributed by atoms with Gasteiger partial charge in [-0.05, 0) is 24.1 Å². The van der Waals surface area contributed by atoms with Crippen molar-refractivity contribution < 1.29 is 17.9 Å². The highest BCUT2D eigenvalue weighted by atomic mass is 32.2. The molecule has 2 atom stereocenters. The number of piperazine rings is 1. The Kier molecular flexibility index (Phi) is 6.26. The van der Waals surface area contributed by atoms with Crippen molar-refractivity contribution in [2.24, 2.45) is 0 Å². The molecule has 0 saturated carbocycles. The summed E-state index contributed by atoms with van der Waals surface area (Å²) in [6.07, 6.45) is 5.43. The molecule has 26 heavy (non-hydrogen) atoms. The van der Waals surface area contributed by atoms with E-state index in [1.54, 1.807) is 17.3 Å². The second-order valence-electron chi connectivity index (χ2n) is 7.03. The predicted molar refractivity (Wildman–Crippen MR) is 98.3 cm³/mol. The SMILES string of the molecule is CCCCOCC(=O)N1CCN(Cc2ccncc2)[C@@H]2CS(=O)(=O)C[C@@H]21. The average molecular weight is 381 g/mol. The van der Waals surface area contributed by atoms with E-state index < -0.39 is 9.84 Å². The van der Waals surface area contributed by atoms with Crippen LogP contribution in [0.3, 0.4) is 0 Å². The van der Waals surface area contributed by atoms with Crippen LogP contribution in [0.4, 0.5) is 0 Å². The Morgan fingerprint density at radius 2 is 1.96 bits per heavy atom. The third-order valence-corrected chi connectivity index (χ3v) is 6.81. The third kappa shape index (κ3) is 4.61. The summed E-state index contributed by atoms with van der Waals surface area (Å²) in [5, 5.41) is 0. The first kappa shape index (κ1) is 19.3. The molecule has 2 fully saturated rings. The van der Waals surface area contributed by atoms with Gasteiger partial charge in [-0.25, -0.2) is 8.42 Å². The van der Waals surface area contributed by atoms with Gasteiger partial charge in [-0.15, -0.1) is 0 Å². The standard InChI is InChI=1S/C18H27N3O4S/c1-2-3-10-25-12-18(22)21-9-8-20(11-15-4-6-19-7-5-15)16-13-26(23,24)14-17(16)21/h4-7,16-17H,2-3,8-14H2,1H3/t16-,17+/m1/s1. The summed E-state index contributed by atoms with van der Waals surface area (Å²) in [6.45, 7) is 4.55. The number of unbranched alkanes of at least 4 members (excludes halogenated alkanes) is 1. The lowest BCUT2D eigenvalue weighted by Crippen LogP contribution is -2.60. The Hall–Kier alpha value is -1.51. The van der Waals surface area contributed by atoms with E-state index >= 15 is 0 Å². The summed E-state index contributed by atoms with van der Waals surface area (Å²) in [7, 11) is -3.14. The Bertz CT molecular complexity index is 710. The molecule has 0 radical (unpaired) electrons. The minimum Gasteiger partial charge on any atom is -0.372 e. The summed E-state index contributed by atoms with van der Waals surface area (Å²) in [4.78, 5) is 20.5. The molecule has 0 bridgehead atoms. The summed E-state index contributed by atoms with van der Waals surface area (Å²) in [6, 6.07) is 3.45. The lowest BCUT2D eigenvalue weighted by Gasteiger charge is -2.44. The molecular weight excluding hydrogens is 354 g/mol. The Morgan fingerprint density at radius 1 is 1.23 bits per heavy atom. The maximum atomic E-state index is 12.6. The van der Waals surface area contributed by atoms with Crippen LogP contribution in [0, 0.1) is 0 Å². The molecule has 144 valence electrons. The molecule has 1 amide bonds. The van der Waals surface area contributed by atoms with Gasteiger partial charge < -0.3 is 9.64 Å². The van der Waals surface area contributed by atoms with Gasteiger partial charge in [0.05, 0.1) is 17.5 Å². The van der Waals surface area contributed by atoms with Crippen LogP contribution < -0.4 is 0 Å². The van der Waals surface area contributed by atoms with Crippen LogP contribution in [0.2, 0.25) is 0 Å². The molecule has 0 N–H and O–H groups in total. The fourth-order valence-corrected chi connectivity index (χ4v) is 5.75. The van der Waals surface area contributed by atoms with Gasteiger partial charge in [0.25, 0.3) is 0 Å². The Labute approximate surface area is 155 Å². The minimum absolute atomic E-state index is 0.0353. The fraction of sp³-hybridized carbons (Fsp3) is 0.667. The zero-order valence-electron chi connectivity index (χ0n) is 15.2. The third-order valence-electron chi connectivity index (χ3n) is 5.11. The molecule has 8 heteroatoms. The molecule has 0 unspecified atom stereocenters. The Morgan fingerprint density at radius 3 is 2.69 bits per heavy atom. The quantitative estimate of drug-likeness (QED) is 0.647. The summed E-state index contributed by atoms with van der Waals surface area (Å²) < 4.78 is 30.0. The number of pyridine rings is 1. The van der Waals surface area contributed by atoms with Crippen molar-refractivity contribution in [1.29, 1.82) is 0 Å². The van der Waals surface area contributed by atoms with Crippen LogP contribution >= 0.6 is 0 Å². The van der Waals surface area contributed by atoms with E-state index in [0.29, 0.717) is 26.2 Å². The van der Waals surface area contributed by atoms with E-state index in [0.717, 1.165) is 18.4 Å². The monoisotopic (exact) mass is 381 g/mol. The van der Waals surface area contributed by atoms with E-state index in [1.165, 1.54) is 0 Å². The average Bonchev–Trinajstić information content (AvgIpc) is 2.95. The maximum absolute atomic E-state index is 12.6. The van der Waals surface area contributed by atoms with Crippen molar-refractivity contribution in [2.75, 3.05) is 37.8 Å². The molecule has 1 aromatic heterocycles. The molecule has 2 aliphatic heterocycles. The van der Waals surface area contributed by atoms with Crippen molar-refractivity contribution >= 4 is 15.7 Å². The smallest absolute Gasteiger partial charge is 0.248 e. The van der Waals surface area contributed by atoms with Crippen LogP contribution in [-0.4, -0.2) is 79.0 Å². The van der Waals surface area contributed by atoms with Gasteiger partial charge in [0, 0.05) is 44.7 Å². The van der Waals surface area contributed by atoms with Crippen LogP contribution in [-0.2, 0) is 25.9 Å².